The van der Waals surface area contributed by atoms with Crippen molar-refractivity contribution in [2.45, 2.75) is 31.0 Å². The first-order valence-electron chi connectivity index (χ1n) is 4.13. The van der Waals surface area contributed by atoms with Crippen LogP contribution in [0.3, 0.4) is 0 Å². The number of ether oxygens (including phenoxy) is 2. The first-order valence-corrected chi connectivity index (χ1v) is 5.76. The summed E-state index contributed by atoms with van der Waals surface area (Å²) in [5, 5.41) is 0. The monoisotopic (exact) mass is 204 g/mol. The molecule has 4 heteroatoms. The van der Waals surface area contributed by atoms with E-state index in [0.717, 1.165) is 13.0 Å². The minimum atomic E-state index is 0.207. The van der Waals surface area contributed by atoms with Crippen molar-refractivity contribution in [2.24, 2.45) is 0 Å². The zero-order valence-electron chi connectivity index (χ0n) is 7.04. The van der Waals surface area contributed by atoms with Crippen molar-refractivity contribution in [1.29, 1.82) is 0 Å². The Morgan fingerprint density at radius 2 is 2.42 bits per heavy atom. The van der Waals surface area contributed by atoms with Crippen LogP contribution in [-0.4, -0.2) is 29.0 Å². The van der Waals surface area contributed by atoms with Gasteiger partial charge in [-0.15, -0.1) is 0 Å². The Morgan fingerprint density at radius 3 is 2.92 bits per heavy atom. The highest BCUT2D eigenvalue weighted by molar-refractivity contribution is 8.22. The summed E-state index contributed by atoms with van der Waals surface area (Å²) in [6.45, 7) is 0.723. The highest BCUT2D eigenvalue weighted by Crippen LogP contribution is 2.48. The molecule has 0 aromatic heterocycles. The van der Waals surface area contributed by atoms with E-state index >= 15 is 0 Å². The molecule has 0 radical (unpaired) electrons. The Hall–Kier alpha value is 0.200. The van der Waals surface area contributed by atoms with Crippen molar-refractivity contribution in [2.75, 3.05) is 12.9 Å². The molecule has 1 heterocycles. The van der Waals surface area contributed by atoms with E-state index in [4.69, 9.17) is 21.7 Å². The van der Waals surface area contributed by atoms with Gasteiger partial charge in [-0.3, -0.25) is 0 Å². The molecule has 2 nitrogen and oxygen atoms in total. The van der Waals surface area contributed by atoms with Crippen LogP contribution >= 0.6 is 24.0 Å². The first-order chi connectivity index (χ1) is 5.74. The average molecular weight is 204 g/mol. The molecule has 0 aromatic carbocycles. The molecule has 1 saturated carbocycles. The molecular formula is C8H12O2S2. The van der Waals surface area contributed by atoms with Crippen LogP contribution in [0.5, 0.6) is 0 Å². The molecule has 1 aliphatic heterocycles. The molecule has 1 atom stereocenters. The van der Waals surface area contributed by atoms with Crippen LogP contribution in [0.1, 0.15) is 19.3 Å². The van der Waals surface area contributed by atoms with Crippen molar-refractivity contribution in [3.05, 3.63) is 0 Å². The van der Waals surface area contributed by atoms with E-state index in [0.29, 0.717) is 4.38 Å². The highest BCUT2D eigenvalue weighted by Gasteiger charge is 2.51. The standard InChI is InChI=1S/C8H12O2S2/c1-12-7(11)10-6-4-8(2-3-8)9-5-6/h6H,2-5H2,1H3. The van der Waals surface area contributed by atoms with Gasteiger partial charge in [0.25, 0.3) is 0 Å². The predicted molar refractivity (Wildman–Crippen MR) is 53.5 cm³/mol. The molecule has 1 aliphatic carbocycles. The van der Waals surface area contributed by atoms with Gasteiger partial charge in [-0.05, 0) is 31.3 Å². The molecule has 0 N–H and O–H groups in total. The molecule has 12 heavy (non-hydrogen) atoms. The van der Waals surface area contributed by atoms with E-state index < -0.39 is 0 Å². The van der Waals surface area contributed by atoms with Gasteiger partial charge < -0.3 is 9.47 Å². The fraction of sp³-hybridized carbons (Fsp3) is 0.875. The van der Waals surface area contributed by atoms with Gasteiger partial charge in [0, 0.05) is 6.42 Å². The number of hydrogen-bond donors (Lipinski definition) is 0. The highest BCUT2D eigenvalue weighted by atomic mass is 32.2. The van der Waals surface area contributed by atoms with Crippen LogP contribution in [0.4, 0.5) is 0 Å². The number of thioether (sulfide) groups is 1. The van der Waals surface area contributed by atoms with Crippen molar-refractivity contribution in [3.8, 4) is 0 Å². The van der Waals surface area contributed by atoms with Gasteiger partial charge in [0.05, 0.1) is 12.2 Å². The molecule has 0 amide bonds. The van der Waals surface area contributed by atoms with Gasteiger partial charge in [-0.1, -0.05) is 11.8 Å². The summed E-state index contributed by atoms with van der Waals surface area (Å²) in [6.07, 6.45) is 5.60. The maximum Gasteiger partial charge on any atom is 0.220 e. The Balaban J connectivity index is 1.80. The molecule has 1 spiro atoms. The van der Waals surface area contributed by atoms with Crippen molar-refractivity contribution in [3.63, 3.8) is 0 Å². The van der Waals surface area contributed by atoms with Crippen molar-refractivity contribution >= 4 is 28.4 Å². The van der Waals surface area contributed by atoms with Crippen LogP contribution in [0.15, 0.2) is 0 Å². The van der Waals surface area contributed by atoms with E-state index in [9.17, 15) is 0 Å². The average Bonchev–Trinajstić information content (AvgIpc) is 2.68. The van der Waals surface area contributed by atoms with Gasteiger partial charge in [0.1, 0.15) is 6.10 Å². The fourth-order valence-electron chi connectivity index (χ4n) is 1.55. The fourth-order valence-corrected chi connectivity index (χ4v) is 1.92. The molecule has 1 saturated heterocycles. The Kier molecular flexibility index (Phi) is 2.31. The molecule has 0 aromatic rings. The van der Waals surface area contributed by atoms with E-state index in [1.165, 1.54) is 24.6 Å². The van der Waals surface area contributed by atoms with Crippen LogP contribution in [0, 0.1) is 0 Å². The third-order valence-electron chi connectivity index (χ3n) is 2.41. The molecule has 2 aliphatic rings. The largest absolute Gasteiger partial charge is 0.473 e. The lowest BCUT2D eigenvalue weighted by molar-refractivity contribution is 0.0780. The second-order valence-electron chi connectivity index (χ2n) is 3.39. The SMILES string of the molecule is CSC(=S)OC1COC2(CC2)C1. The van der Waals surface area contributed by atoms with Crippen LogP contribution < -0.4 is 0 Å². The van der Waals surface area contributed by atoms with Gasteiger partial charge in [0.2, 0.25) is 4.38 Å². The van der Waals surface area contributed by atoms with E-state index in [1.807, 2.05) is 6.26 Å². The van der Waals surface area contributed by atoms with Gasteiger partial charge in [-0.2, -0.15) is 0 Å². The maximum absolute atomic E-state index is 5.62. The number of rotatable bonds is 1. The summed E-state index contributed by atoms with van der Waals surface area (Å²) in [7, 11) is 0. The molecular weight excluding hydrogens is 192 g/mol. The van der Waals surface area contributed by atoms with Crippen LogP contribution in [0.2, 0.25) is 0 Å². The Labute approximate surface area is 82.0 Å². The Morgan fingerprint density at radius 1 is 1.67 bits per heavy atom. The topological polar surface area (TPSA) is 18.5 Å². The summed E-state index contributed by atoms with van der Waals surface area (Å²) in [5.74, 6) is 0. The van der Waals surface area contributed by atoms with E-state index in [2.05, 4.69) is 0 Å². The summed E-state index contributed by atoms with van der Waals surface area (Å²) in [5.41, 5.74) is 0.207. The zero-order valence-corrected chi connectivity index (χ0v) is 8.67. The quantitative estimate of drug-likeness (QED) is 0.608. The first kappa shape index (κ1) is 8.78. The van der Waals surface area contributed by atoms with Crippen molar-refractivity contribution < 1.29 is 9.47 Å². The van der Waals surface area contributed by atoms with Crippen LogP contribution in [-0.2, 0) is 9.47 Å². The Bertz CT molecular complexity index is 201. The molecule has 1 unspecified atom stereocenters. The lowest BCUT2D eigenvalue weighted by Gasteiger charge is -2.10. The van der Waals surface area contributed by atoms with E-state index in [1.54, 1.807) is 0 Å². The summed E-state index contributed by atoms with van der Waals surface area (Å²) < 4.78 is 11.8. The van der Waals surface area contributed by atoms with Gasteiger partial charge in [0.15, 0.2) is 0 Å². The summed E-state index contributed by atoms with van der Waals surface area (Å²) in [6, 6.07) is 0. The third kappa shape index (κ3) is 1.75. The zero-order chi connectivity index (χ0) is 8.60. The van der Waals surface area contributed by atoms with Crippen LogP contribution in [0.25, 0.3) is 0 Å². The minimum Gasteiger partial charge on any atom is -0.473 e. The predicted octanol–water partition coefficient (Wildman–Crippen LogP) is 1.97. The third-order valence-corrected chi connectivity index (χ3v) is 3.44. The van der Waals surface area contributed by atoms with E-state index in [-0.39, 0.29) is 11.7 Å². The van der Waals surface area contributed by atoms with Gasteiger partial charge in [-0.25, -0.2) is 0 Å². The van der Waals surface area contributed by atoms with Gasteiger partial charge >= 0.3 is 0 Å². The number of hydrogen-bond acceptors (Lipinski definition) is 4. The molecule has 2 rings (SSSR count). The number of thiocarbonyl (C=S) groups is 1. The smallest absolute Gasteiger partial charge is 0.220 e. The second kappa shape index (κ2) is 3.16. The second-order valence-corrected chi connectivity index (χ2v) is 4.80. The summed E-state index contributed by atoms with van der Waals surface area (Å²) >= 11 is 6.46. The summed E-state index contributed by atoms with van der Waals surface area (Å²) in [4.78, 5) is 0. The minimum absolute atomic E-state index is 0.207. The lowest BCUT2D eigenvalue weighted by atomic mass is 10.2. The van der Waals surface area contributed by atoms with Crippen molar-refractivity contribution in [1.82, 2.24) is 0 Å². The maximum atomic E-state index is 5.62. The lowest BCUT2D eigenvalue weighted by Crippen LogP contribution is -2.15. The normalized spacial score (nSPS) is 30.6. The molecule has 2 fully saturated rings. The molecule has 0 bridgehead atoms. The molecule has 68 valence electrons.